The van der Waals surface area contributed by atoms with Crippen molar-refractivity contribution in [3.8, 4) is 5.75 Å². The largest absolute Gasteiger partial charge is 0.497 e. The van der Waals surface area contributed by atoms with Gasteiger partial charge in [-0.15, -0.1) is 11.8 Å². The first-order valence-electron chi connectivity index (χ1n) is 8.20. The molecule has 0 aromatic heterocycles. The Morgan fingerprint density at radius 2 is 2.18 bits per heavy atom. The number of carbonyl (C=O) groups is 1. The van der Waals surface area contributed by atoms with Crippen molar-refractivity contribution in [2.24, 2.45) is 11.3 Å². The average molecular weight is 314 g/mol. The summed E-state index contributed by atoms with van der Waals surface area (Å²) in [6.45, 7) is 2.22. The second-order valence-electron chi connectivity index (χ2n) is 6.94. The van der Waals surface area contributed by atoms with Crippen molar-refractivity contribution in [2.45, 2.75) is 43.9 Å². The molecule has 1 aliphatic heterocycles. The van der Waals surface area contributed by atoms with Crippen molar-refractivity contribution in [3.05, 3.63) is 29.3 Å². The van der Waals surface area contributed by atoms with E-state index in [9.17, 15) is 4.79 Å². The third kappa shape index (κ3) is 1.98. The number of Topliss-reactive ketones (excluding diaryl/α,β-unsaturated/α-hetero) is 1. The van der Waals surface area contributed by atoms with E-state index in [4.69, 9.17) is 4.74 Å². The van der Waals surface area contributed by atoms with E-state index in [-0.39, 0.29) is 5.41 Å². The Balaban J connectivity index is 1.80. The lowest BCUT2D eigenvalue weighted by Gasteiger charge is -2.47. The van der Waals surface area contributed by atoms with Crippen LogP contribution in [0.5, 0.6) is 5.75 Å². The minimum atomic E-state index is -0.0956. The van der Waals surface area contributed by atoms with Crippen LogP contribution in [0.25, 0.3) is 5.57 Å². The average Bonchev–Trinajstić information content (AvgIpc) is 2.55. The van der Waals surface area contributed by atoms with Crippen LogP contribution in [0.3, 0.4) is 0 Å². The van der Waals surface area contributed by atoms with Crippen molar-refractivity contribution < 1.29 is 9.53 Å². The maximum absolute atomic E-state index is 12.5. The molecule has 1 fully saturated rings. The first-order valence-corrected chi connectivity index (χ1v) is 9.18. The molecule has 2 atom stereocenters. The number of carbonyl (C=O) groups excluding carboxylic acids is 1. The quantitative estimate of drug-likeness (QED) is 0.750. The lowest BCUT2D eigenvalue weighted by Crippen LogP contribution is -2.43. The lowest BCUT2D eigenvalue weighted by atomic mass is 9.58. The van der Waals surface area contributed by atoms with Crippen molar-refractivity contribution in [3.63, 3.8) is 0 Å². The third-order valence-corrected chi connectivity index (χ3v) is 7.01. The lowest BCUT2D eigenvalue weighted by molar-refractivity contribution is -0.133. The number of thioether (sulfide) groups is 1. The van der Waals surface area contributed by atoms with Crippen molar-refractivity contribution in [1.82, 2.24) is 0 Å². The molecule has 2 nitrogen and oxygen atoms in total. The Hall–Kier alpha value is -1.22. The summed E-state index contributed by atoms with van der Waals surface area (Å²) in [5, 5.41) is 0. The maximum atomic E-state index is 12.5. The van der Waals surface area contributed by atoms with Crippen LogP contribution in [0.2, 0.25) is 0 Å². The molecule has 0 radical (unpaired) electrons. The van der Waals surface area contributed by atoms with Crippen molar-refractivity contribution in [2.75, 3.05) is 12.9 Å². The van der Waals surface area contributed by atoms with Gasteiger partial charge in [-0.25, -0.2) is 0 Å². The van der Waals surface area contributed by atoms with Gasteiger partial charge in [-0.3, -0.25) is 4.79 Å². The molecule has 4 rings (SSSR count). The summed E-state index contributed by atoms with van der Waals surface area (Å²) in [5.41, 5.74) is 4.37. The summed E-state index contributed by atoms with van der Waals surface area (Å²) in [4.78, 5) is 13.8. The first kappa shape index (κ1) is 14.4. The van der Waals surface area contributed by atoms with Gasteiger partial charge in [-0.1, -0.05) is 12.5 Å². The molecule has 3 aliphatic rings. The highest BCUT2D eigenvalue weighted by Gasteiger charge is 2.48. The molecule has 3 heteroatoms. The second-order valence-corrected chi connectivity index (χ2v) is 7.96. The van der Waals surface area contributed by atoms with Crippen LogP contribution in [-0.4, -0.2) is 18.6 Å². The number of rotatable bonds is 1. The van der Waals surface area contributed by atoms with Crippen LogP contribution in [0, 0.1) is 11.3 Å². The minimum Gasteiger partial charge on any atom is -0.497 e. The fourth-order valence-electron chi connectivity index (χ4n) is 4.54. The molecule has 0 spiro atoms. The third-order valence-electron chi connectivity index (χ3n) is 5.90. The molecule has 22 heavy (non-hydrogen) atoms. The molecule has 0 bridgehead atoms. The summed E-state index contributed by atoms with van der Waals surface area (Å²) in [5.74, 6) is 2.95. The molecule has 0 saturated heterocycles. The van der Waals surface area contributed by atoms with Crippen LogP contribution in [0.4, 0.5) is 0 Å². The molecule has 1 saturated carbocycles. The second kappa shape index (κ2) is 5.16. The predicted octanol–water partition coefficient (Wildman–Crippen LogP) is 4.72. The number of allylic oxidation sites excluding steroid dienone is 1. The van der Waals surface area contributed by atoms with Gasteiger partial charge in [0.1, 0.15) is 11.5 Å². The van der Waals surface area contributed by atoms with Crippen LogP contribution >= 0.6 is 11.8 Å². The van der Waals surface area contributed by atoms with Gasteiger partial charge in [0.2, 0.25) is 0 Å². The highest BCUT2D eigenvalue weighted by molar-refractivity contribution is 7.99. The molecule has 0 unspecified atom stereocenters. The molecule has 1 aromatic carbocycles. The molecule has 0 N–H and O–H groups in total. The zero-order valence-electron chi connectivity index (χ0n) is 13.3. The zero-order valence-corrected chi connectivity index (χ0v) is 14.1. The Kier molecular flexibility index (Phi) is 3.37. The van der Waals surface area contributed by atoms with Crippen molar-refractivity contribution in [1.29, 1.82) is 0 Å². The maximum Gasteiger partial charge on any atom is 0.139 e. The Morgan fingerprint density at radius 1 is 1.32 bits per heavy atom. The molecule has 1 aromatic rings. The van der Waals surface area contributed by atoms with Crippen LogP contribution in [0.15, 0.2) is 28.7 Å². The van der Waals surface area contributed by atoms with Gasteiger partial charge in [0.15, 0.2) is 0 Å². The van der Waals surface area contributed by atoms with Gasteiger partial charge < -0.3 is 4.74 Å². The summed E-state index contributed by atoms with van der Waals surface area (Å²) in [7, 11) is 1.72. The fourth-order valence-corrected chi connectivity index (χ4v) is 5.78. The Bertz CT molecular complexity index is 676. The topological polar surface area (TPSA) is 26.3 Å². The highest BCUT2D eigenvalue weighted by atomic mass is 32.2. The van der Waals surface area contributed by atoms with E-state index >= 15 is 0 Å². The smallest absolute Gasteiger partial charge is 0.139 e. The van der Waals surface area contributed by atoms with Gasteiger partial charge >= 0.3 is 0 Å². The van der Waals surface area contributed by atoms with Gasteiger partial charge in [0, 0.05) is 22.5 Å². The first-order chi connectivity index (χ1) is 10.6. The molecule has 116 valence electrons. The number of benzene rings is 1. The van der Waals surface area contributed by atoms with Crippen LogP contribution in [0.1, 0.15) is 44.6 Å². The zero-order chi connectivity index (χ0) is 15.3. The van der Waals surface area contributed by atoms with Gasteiger partial charge in [0.05, 0.1) is 7.11 Å². The number of hydrogen-bond donors (Lipinski definition) is 0. The summed E-state index contributed by atoms with van der Waals surface area (Å²) in [6.07, 6.45) is 5.11. The van der Waals surface area contributed by atoms with E-state index in [1.807, 2.05) is 11.8 Å². The molecule has 1 heterocycles. The highest BCUT2D eigenvalue weighted by Crippen LogP contribution is 2.56. The standard InChI is InChI=1S/C19H22O2S/c1-19-9-8-13-14-7-6-12(21-2)10-17(14)22-11-15(13)16(19)4-3-5-18(19)20/h6-7,10,16H,3-5,8-9,11H2,1-2H3/t16-,19-/m1/s1. The monoisotopic (exact) mass is 314 g/mol. The number of ketones is 1. The van der Waals surface area contributed by atoms with E-state index in [0.29, 0.717) is 11.7 Å². The van der Waals surface area contributed by atoms with Crippen LogP contribution in [-0.2, 0) is 4.79 Å². The molecular formula is C19H22O2S. The fraction of sp³-hybridized carbons (Fsp3) is 0.526. The van der Waals surface area contributed by atoms with E-state index in [0.717, 1.165) is 37.2 Å². The van der Waals surface area contributed by atoms with Crippen LogP contribution < -0.4 is 4.74 Å². The van der Waals surface area contributed by atoms with Gasteiger partial charge in [-0.2, -0.15) is 0 Å². The van der Waals surface area contributed by atoms with Gasteiger partial charge in [-0.05, 0) is 60.9 Å². The minimum absolute atomic E-state index is 0.0956. The summed E-state index contributed by atoms with van der Waals surface area (Å²) in [6, 6.07) is 6.43. The SMILES string of the molecule is COc1ccc2c(c1)SCC1=C2CC[C@@]2(C)C(=O)CCC[C@H]12. The van der Waals surface area contributed by atoms with Crippen molar-refractivity contribution >= 4 is 23.1 Å². The van der Waals surface area contributed by atoms with E-state index in [1.165, 1.54) is 22.5 Å². The Morgan fingerprint density at radius 3 is 3.00 bits per heavy atom. The summed E-state index contributed by atoms with van der Waals surface area (Å²) < 4.78 is 5.36. The van der Waals surface area contributed by atoms with E-state index in [2.05, 4.69) is 25.1 Å². The van der Waals surface area contributed by atoms with E-state index in [1.54, 1.807) is 12.7 Å². The molecular weight excluding hydrogens is 292 g/mol. The number of methoxy groups -OCH3 is 1. The Labute approximate surface area is 136 Å². The normalized spacial score (nSPS) is 30.5. The molecule has 2 aliphatic carbocycles. The number of ether oxygens (including phenoxy) is 1. The summed E-state index contributed by atoms with van der Waals surface area (Å²) >= 11 is 1.91. The number of hydrogen-bond acceptors (Lipinski definition) is 3. The number of fused-ring (bicyclic) bond motifs is 4. The predicted molar refractivity (Wildman–Crippen MR) is 90.3 cm³/mol. The molecule has 0 amide bonds. The van der Waals surface area contributed by atoms with E-state index < -0.39 is 0 Å². The van der Waals surface area contributed by atoms with Gasteiger partial charge in [0.25, 0.3) is 0 Å².